The third-order valence-corrected chi connectivity index (χ3v) is 6.79. The number of hydrogen-bond acceptors (Lipinski definition) is 6. The maximum atomic E-state index is 12.9. The Balaban J connectivity index is 2.03. The fourth-order valence-corrected chi connectivity index (χ4v) is 4.55. The van der Waals surface area contributed by atoms with Gasteiger partial charge in [0.1, 0.15) is 11.3 Å². The van der Waals surface area contributed by atoms with E-state index in [0.29, 0.717) is 27.4 Å². The SMILES string of the molecule is CNS(=O)(=O)Nc1cccc(Cc2c(CBr)c3ccc(OC(=O)N(C)C)cc3oc2=O)c1Cl. The molecule has 0 unspecified atom stereocenters. The van der Waals surface area contributed by atoms with Crippen LogP contribution in [0.3, 0.4) is 0 Å². The van der Waals surface area contributed by atoms with Crippen LogP contribution in [0.1, 0.15) is 16.7 Å². The molecule has 33 heavy (non-hydrogen) atoms. The lowest BCUT2D eigenvalue weighted by Gasteiger charge is -2.14. The molecule has 0 radical (unpaired) electrons. The summed E-state index contributed by atoms with van der Waals surface area (Å²) in [4.78, 5) is 25.9. The first-order valence-corrected chi connectivity index (χ1v) is 12.6. The van der Waals surface area contributed by atoms with Crippen molar-refractivity contribution < 1.29 is 22.4 Å². The molecule has 2 aromatic carbocycles. The van der Waals surface area contributed by atoms with Gasteiger partial charge in [-0.15, -0.1) is 0 Å². The van der Waals surface area contributed by atoms with E-state index in [9.17, 15) is 18.0 Å². The summed E-state index contributed by atoms with van der Waals surface area (Å²) in [5.74, 6) is 0.241. The van der Waals surface area contributed by atoms with Crippen LogP contribution in [0.4, 0.5) is 10.5 Å². The number of fused-ring (bicyclic) bond motifs is 1. The smallest absolute Gasteiger partial charge is 0.414 e. The Morgan fingerprint density at radius 3 is 2.58 bits per heavy atom. The molecule has 0 saturated heterocycles. The zero-order valence-corrected chi connectivity index (χ0v) is 21.1. The molecular weight excluding hydrogens is 538 g/mol. The summed E-state index contributed by atoms with van der Waals surface area (Å²) in [6.07, 6.45) is -0.442. The Kier molecular flexibility index (Phi) is 7.68. The molecular formula is C21H21BrClN3O6S. The molecule has 1 amide bonds. The van der Waals surface area contributed by atoms with E-state index >= 15 is 0 Å². The number of carbonyl (C=O) groups excluding carboxylic acids is 1. The number of hydrogen-bond donors (Lipinski definition) is 2. The third-order valence-electron chi connectivity index (χ3n) is 4.75. The predicted octanol–water partition coefficient (Wildman–Crippen LogP) is 3.87. The molecule has 3 rings (SSSR count). The highest BCUT2D eigenvalue weighted by molar-refractivity contribution is 9.08. The zero-order valence-electron chi connectivity index (χ0n) is 17.9. The second kappa shape index (κ2) is 10.1. The molecule has 0 fully saturated rings. The van der Waals surface area contributed by atoms with Gasteiger partial charge in [-0.1, -0.05) is 39.7 Å². The van der Waals surface area contributed by atoms with Gasteiger partial charge in [-0.25, -0.2) is 14.3 Å². The summed E-state index contributed by atoms with van der Waals surface area (Å²) >= 11 is 9.86. The van der Waals surface area contributed by atoms with Crippen LogP contribution in [-0.2, 0) is 22.0 Å². The van der Waals surface area contributed by atoms with Gasteiger partial charge in [-0.2, -0.15) is 8.42 Å². The van der Waals surface area contributed by atoms with Crippen molar-refractivity contribution in [2.24, 2.45) is 0 Å². The first kappa shape index (κ1) is 25.0. The molecule has 0 bridgehead atoms. The highest BCUT2D eigenvalue weighted by Gasteiger charge is 2.19. The molecule has 3 aromatic rings. The molecule has 176 valence electrons. The maximum Gasteiger partial charge on any atom is 0.414 e. The maximum absolute atomic E-state index is 12.9. The topological polar surface area (TPSA) is 118 Å². The average Bonchev–Trinajstić information content (AvgIpc) is 2.76. The fraction of sp³-hybridized carbons (Fsp3) is 0.238. The molecule has 0 aliphatic carbocycles. The van der Waals surface area contributed by atoms with Gasteiger partial charge in [0, 0.05) is 49.9 Å². The van der Waals surface area contributed by atoms with Crippen LogP contribution >= 0.6 is 27.5 Å². The molecule has 0 saturated carbocycles. The van der Waals surface area contributed by atoms with Crippen molar-refractivity contribution in [3.63, 3.8) is 0 Å². The van der Waals surface area contributed by atoms with Gasteiger partial charge in [-0.05, 0) is 29.3 Å². The number of rotatable bonds is 7. The fourth-order valence-electron chi connectivity index (χ4n) is 3.05. The Hall–Kier alpha value is -2.60. The van der Waals surface area contributed by atoms with Gasteiger partial charge in [0.05, 0.1) is 10.7 Å². The molecule has 0 aliphatic heterocycles. The zero-order chi connectivity index (χ0) is 24.3. The first-order valence-electron chi connectivity index (χ1n) is 9.58. The predicted molar refractivity (Wildman–Crippen MR) is 131 cm³/mol. The van der Waals surface area contributed by atoms with Crippen molar-refractivity contribution in [2.75, 3.05) is 25.9 Å². The van der Waals surface area contributed by atoms with Crippen LogP contribution in [0, 0.1) is 0 Å². The monoisotopic (exact) mass is 557 g/mol. The number of alkyl halides is 1. The molecule has 0 atom stereocenters. The van der Waals surface area contributed by atoms with Crippen molar-refractivity contribution in [1.82, 2.24) is 9.62 Å². The van der Waals surface area contributed by atoms with E-state index in [1.807, 2.05) is 0 Å². The number of carbonyl (C=O) groups is 1. The molecule has 12 heteroatoms. The van der Waals surface area contributed by atoms with E-state index in [2.05, 4.69) is 25.4 Å². The quantitative estimate of drug-likeness (QED) is 0.336. The standard InChI is InChI=1S/C21H21BrClN3O6S/c1-24-33(29,30)25-17-6-4-5-12(19(17)23)9-15-16(11-22)14-8-7-13(31-21(28)26(2)3)10-18(14)32-20(15)27/h4-8,10,24-25H,9,11H2,1-3H3. The van der Waals surface area contributed by atoms with Crippen LogP contribution in [0.15, 0.2) is 45.6 Å². The Morgan fingerprint density at radius 2 is 1.94 bits per heavy atom. The average molecular weight is 559 g/mol. The normalized spacial score (nSPS) is 11.4. The van der Waals surface area contributed by atoms with Gasteiger partial charge in [0.15, 0.2) is 0 Å². The number of ether oxygens (including phenoxy) is 1. The minimum absolute atomic E-state index is 0.116. The van der Waals surface area contributed by atoms with Gasteiger partial charge in [0.2, 0.25) is 0 Å². The molecule has 0 spiro atoms. The van der Waals surface area contributed by atoms with Crippen molar-refractivity contribution >= 4 is 60.5 Å². The second-order valence-electron chi connectivity index (χ2n) is 7.17. The molecule has 1 aromatic heterocycles. The van der Waals surface area contributed by atoms with Gasteiger partial charge >= 0.3 is 11.7 Å². The second-order valence-corrected chi connectivity index (χ2v) is 9.72. The summed E-state index contributed by atoms with van der Waals surface area (Å²) in [6, 6.07) is 9.65. The molecule has 9 nitrogen and oxygen atoms in total. The lowest BCUT2D eigenvalue weighted by Crippen LogP contribution is -2.26. The van der Waals surface area contributed by atoms with E-state index in [1.54, 1.807) is 38.4 Å². The van der Waals surface area contributed by atoms with Crippen molar-refractivity contribution in [1.29, 1.82) is 0 Å². The van der Waals surface area contributed by atoms with Crippen molar-refractivity contribution in [3.8, 4) is 5.75 Å². The van der Waals surface area contributed by atoms with Gasteiger partial charge in [-0.3, -0.25) is 4.72 Å². The summed E-state index contributed by atoms with van der Waals surface area (Å²) < 4.78 is 38.9. The highest BCUT2D eigenvalue weighted by atomic mass is 79.9. The Morgan fingerprint density at radius 1 is 1.21 bits per heavy atom. The van der Waals surface area contributed by atoms with Crippen LogP contribution in [0.5, 0.6) is 5.75 Å². The number of benzene rings is 2. The van der Waals surface area contributed by atoms with Crippen LogP contribution in [0.2, 0.25) is 5.02 Å². The molecule has 1 heterocycles. The first-order chi connectivity index (χ1) is 15.6. The number of nitrogens with zero attached hydrogens (tertiary/aromatic N) is 1. The summed E-state index contributed by atoms with van der Waals surface area (Å²) in [7, 11) is 0.626. The number of amides is 1. The van der Waals surface area contributed by atoms with Gasteiger partial charge in [0.25, 0.3) is 10.2 Å². The Bertz CT molecular complexity index is 1370. The van der Waals surface area contributed by atoms with Crippen LogP contribution in [0.25, 0.3) is 11.0 Å². The largest absolute Gasteiger partial charge is 0.422 e. The van der Waals surface area contributed by atoms with Crippen molar-refractivity contribution in [2.45, 2.75) is 11.8 Å². The van der Waals surface area contributed by atoms with E-state index in [0.717, 1.165) is 0 Å². The lowest BCUT2D eigenvalue weighted by molar-refractivity contribution is 0.172. The Labute approximate surface area is 204 Å². The summed E-state index contributed by atoms with van der Waals surface area (Å²) in [5.41, 5.74) is 1.46. The van der Waals surface area contributed by atoms with E-state index in [4.69, 9.17) is 20.8 Å². The lowest BCUT2D eigenvalue weighted by atomic mass is 9.99. The summed E-state index contributed by atoms with van der Waals surface area (Å²) in [6.45, 7) is 0. The molecule has 0 aliphatic rings. The van der Waals surface area contributed by atoms with E-state index in [-0.39, 0.29) is 28.5 Å². The van der Waals surface area contributed by atoms with Crippen LogP contribution < -0.4 is 19.8 Å². The number of halogens is 2. The minimum atomic E-state index is -3.76. The van der Waals surface area contributed by atoms with E-state index in [1.165, 1.54) is 24.1 Å². The van der Waals surface area contributed by atoms with Crippen LogP contribution in [-0.4, -0.2) is 40.6 Å². The van der Waals surface area contributed by atoms with Gasteiger partial charge < -0.3 is 14.1 Å². The third kappa shape index (κ3) is 5.67. The highest BCUT2D eigenvalue weighted by Crippen LogP contribution is 2.31. The summed E-state index contributed by atoms with van der Waals surface area (Å²) in [5, 5.41) is 1.18. The molecule has 2 N–H and O–H groups in total. The number of anilines is 1. The number of nitrogens with one attached hydrogen (secondary N) is 2. The van der Waals surface area contributed by atoms with E-state index < -0.39 is 21.9 Å². The van der Waals surface area contributed by atoms with Crippen molar-refractivity contribution in [3.05, 3.63) is 68.5 Å². The minimum Gasteiger partial charge on any atom is -0.422 e.